The van der Waals surface area contributed by atoms with Crippen LogP contribution in [0.2, 0.25) is 0 Å². The van der Waals surface area contributed by atoms with Crippen LogP contribution in [0.25, 0.3) is 10.2 Å². The van der Waals surface area contributed by atoms with Crippen LogP contribution in [0.3, 0.4) is 0 Å². The molecule has 1 N–H and O–H groups in total. The number of carbonyl (C=O) groups excluding carboxylic acids is 1. The van der Waals surface area contributed by atoms with Gasteiger partial charge in [0.2, 0.25) is 5.43 Å². The van der Waals surface area contributed by atoms with Gasteiger partial charge < -0.3 is 9.88 Å². The molecule has 3 aliphatic rings. The van der Waals surface area contributed by atoms with Crippen molar-refractivity contribution >= 4 is 27.5 Å². The van der Waals surface area contributed by atoms with Crippen molar-refractivity contribution in [3.63, 3.8) is 0 Å². The predicted molar refractivity (Wildman–Crippen MR) is 92.0 cm³/mol. The first-order valence-electron chi connectivity index (χ1n) is 8.17. The molecule has 5 rings (SSSR count). The quantitative estimate of drug-likeness (QED) is 0.917. The van der Waals surface area contributed by atoms with E-state index in [0.717, 1.165) is 36.5 Å². The number of fused-ring (bicyclic) bond motifs is 4. The van der Waals surface area contributed by atoms with Crippen LogP contribution in [0.1, 0.15) is 35.2 Å². The zero-order valence-electron chi connectivity index (χ0n) is 13.5. The second-order valence-corrected chi connectivity index (χ2v) is 7.66. The van der Waals surface area contributed by atoms with Crippen molar-refractivity contribution in [1.82, 2.24) is 14.8 Å². The van der Waals surface area contributed by atoms with E-state index in [0.29, 0.717) is 4.70 Å². The van der Waals surface area contributed by atoms with Gasteiger partial charge in [0.1, 0.15) is 5.56 Å². The lowest BCUT2D eigenvalue weighted by Gasteiger charge is -2.45. The summed E-state index contributed by atoms with van der Waals surface area (Å²) in [6.07, 6.45) is 5.23. The Labute approximate surface area is 138 Å². The van der Waals surface area contributed by atoms with Gasteiger partial charge in [0.25, 0.3) is 5.91 Å². The minimum atomic E-state index is -0.240. The van der Waals surface area contributed by atoms with E-state index in [9.17, 15) is 9.59 Å². The van der Waals surface area contributed by atoms with Crippen molar-refractivity contribution in [3.8, 4) is 0 Å². The van der Waals surface area contributed by atoms with E-state index in [4.69, 9.17) is 0 Å². The molecule has 3 fully saturated rings. The van der Waals surface area contributed by atoms with Crippen molar-refractivity contribution < 1.29 is 4.79 Å². The first-order chi connectivity index (χ1) is 11.0. The molecule has 0 aromatic carbocycles. The number of pyridine rings is 1. The Morgan fingerprint density at radius 1 is 1.35 bits per heavy atom. The third-order valence-corrected chi connectivity index (χ3v) is 6.34. The van der Waals surface area contributed by atoms with E-state index in [2.05, 4.69) is 10.2 Å². The molecule has 122 valence electrons. The molecule has 0 aliphatic carbocycles. The van der Waals surface area contributed by atoms with Crippen molar-refractivity contribution in [3.05, 3.63) is 32.9 Å². The highest BCUT2D eigenvalue weighted by atomic mass is 32.1. The lowest BCUT2D eigenvalue weighted by Crippen LogP contribution is -2.56. The number of nitrogens with one attached hydrogen (secondary N) is 1. The topological polar surface area (TPSA) is 54.3 Å². The number of aryl methyl sites for hydroxylation is 2. The SMILES string of the molecule is Cc1csc2c(=O)c(C(=O)NC3CC4CCN3CC4)cn(C)c12. The lowest BCUT2D eigenvalue weighted by molar-refractivity contribution is 0.0294. The van der Waals surface area contributed by atoms with Gasteiger partial charge in [-0.3, -0.25) is 14.5 Å². The molecule has 2 bridgehead atoms. The molecule has 6 heteroatoms. The number of thiophene rings is 1. The van der Waals surface area contributed by atoms with E-state index in [1.165, 1.54) is 24.2 Å². The zero-order valence-corrected chi connectivity index (χ0v) is 14.3. The maximum atomic E-state index is 12.7. The Morgan fingerprint density at radius 3 is 2.74 bits per heavy atom. The molecule has 1 unspecified atom stereocenters. The molecule has 3 saturated heterocycles. The predicted octanol–water partition coefficient (Wildman–Crippen LogP) is 2.08. The number of hydrogen-bond acceptors (Lipinski definition) is 4. The highest BCUT2D eigenvalue weighted by molar-refractivity contribution is 7.17. The molecule has 0 spiro atoms. The molecule has 1 amide bonds. The number of piperidine rings is 3. The summed E-state index contributed by atoms with van der Waals surface area (Å²) in [7, 11) is 1.89. The van der Waals surface area contributed by atoms with Gasteiger partial charge in [-0.2, -0.15) is 0 Å². The molecule has 0 saturated carbocycles. The molecular weight excluding hydrogens is 310 g/mol. The third-order valence-electron chi connectivity index (χ3n) is 5.26. The van der Waals surface area contributed by atoms with Gasteiger partial charge >= 0.3 is 0 Å². The molecule has 2 aromatic rings. The summed E-state index contributed by atoms with van der Waals surface area (Å²) >= 11 is 1.42. The van der Waals surface area contributed by atoms with E-state index in [1.54, 1.807) is 6.20 Å². The van der Waals surface area contributed by atoms with Crippen molar-refractivity contribution in [2.24, 2.45) is 13.0 Å². The lowest BCUT2D eigenvalue weighted by atomic mass is 9.86. The summed E-state index contributed by atoms with van der Waals surface area (Å²) in [5, 5.41) is 5.06. The minimum absolute atomic E-state index is 0.0838. The summed E-state index contributed by atoms with van der Waals surface area (Å²) in [5.41, 5.74) is 2.11. The van der Waals surface area contributed by atoms with Gasteiger partial charge in [-0.1, -0.05) is 0 Å². The van der Waals surface area contributed by atoms with Crippen LogP contribution in [-0.2, 0) is 7.05 Å². The Kier molecular flexibility index (Phi) is 3.54. The minimum Gasteiger partial charge on any atom is -0.349 e. The maximum Gasteiger partial charge on any atom is 0.258 e. The van der Waals surface area contributed by atoms with Gasteiger partial charge in [-0.15, -0.1) is 11.3 Å². The largest absolute Gasteiger partial charge is 0.349 e. The molecule has 2 aromatic heterocycles. The second kappa shape index (κ2) is 5.46. The summed E-state index contributed by atoms with van der Waals surface area (Å²) in [6, 6.07) is 0. The molecule has 3 aliphatic heterocycles. The van der Waals surface area contributed by atoms with Crippen LogP contribution in [0.4, 0.5) is 0 Å². The highest BCUT2D eigenvalue weighted by Crippen LogP contribution is 2.30. The number of amides is 1. The van der Waals surface area contributed by atoms with Gasteiger partial charge in [0, 0.05) is 26.3 Å². The first-order valence-corrected chi connectivity index (χ1v) is 9.05. The molecule has 5 heterocycles. The number of nitrogens with zero attached hydrogens (tertiary/aromatic N) is 2. The average molecular weight is 331 g/mol. The molecule has 5 nitrogen and oxygen atoms in total. The van der Waals surface area contributed by atoms with Gasteiger partial charge in [-0.05, 0) is 43.0 Å². The van der Waals surface area contributed by atoms with Gasteiger partial charge in [-0.25, -0.2) is 0 Å². The standard InChI is InChI=1S/C17H21N3O2S/c1-10-9-23-16-14(10)19(2)8-12(15(16)21)17(22)18-13-7-11-3-5-20(13)6-4-11/h8-9,11,13H,3-7H2,1-2H3,(H,18,22). The van der Waals surface area contributed by atoms with Gasteiger partial charge in [0.05, 0.1) is 16.4 Å². The fourth-order valence-corrected chi connectivity index (χ4v) is 5.02. The zero-order chi connectivity index (χ0) is 16.1. The summed E-state index contributed by atoms with van der Waals surface area (Å²) < 4.78 is 2.56. The summed E-state index contributed by atoms with van der Waals surface area (Å²) in [5.74, 6) is 0.478. The van der Waals surface area contributed by atoms with E-state index in [1.807, 2.05) is 23.9 Å². The van der Waals surface area contributed by atoms with Crippen LogP contribution in [0, 0.1) is 12.8 Å². The van der Waals surface area contributed by atoms with Crippen molar-refractivity contribution in [2.45, 2.75) is 32.4 Å². The van der Waals surface area contributed by atoms with Crippen LogP contribution in [0.15, 0.2) is 16.4 Å². The van der Waals surface area contributed by atoms with Crippen molar-refractivity contribution in [2.75, 3.05) is 13.1 Å². The van der Waals surface area contributed by atoms with Crippen LogP contribution >= 0.6 is 11.3 Å². The summed E-state index contributed by atoms with van der Waals surface area (Å²) in [6.45, 7) is 4.09. The fourth-order valence-electron chi connectivity index (χ4n) is 3.98. The molecule has 1 atom stereocenters. The normalized spacial score (nSPS) is 26.6. The number of hydrogen-bond donors (Lipinski definition) is 1. The van der Waals surface area contributed by atoms with E-state index < -0.39 is 0 Å². The average Bonchev–Trinajstić information content (AvgIpc) is 2.95. The number of carbonyl (C=O) groups is 1. The smallest absolute Gasteiger partial charge is 0.258 e. The Bertz CT molecular complexity index is 830. The molecular formula is C17H21N3O2S. The van der Waals surface area contributed by atoms with Crippen LogP contribution in [-0.4, -0.2) is 34.6 Å². The Hall–Kier alpha value is -1.66. The fraction of sp³-hybridized carbons (Fsp3) is 0.529. The van der Waals surface area contributed by atoms with Crippen LogP contribution < -0.4 is 10.7 Å². The molecule has 23 heavy (non-hydrogen) atoms. The molecule has 0 radical (unpaired) electrons. The maximum absolute atomic E-state index is 12.7. The van der Waals surface area contributed by atoms with Crippen LogP contribution in [0.5, 0.6) is 0 Å². The highest BCUT2D eigenvalue weighted by Gasteiger charge is 2.34. The number of rotatable bonds is 2. The third kappa shape index (κ3) is 2.40. The van der Waals surface area contributed by atoms with E-state index in [-0.39, 0.29) is 23.1 Å². The first kappa shape index (κ1) is 14.9. The van der Waals surface area contributed by atoms with Crippen molar-refractivity contribution in [1.29, 1.82) is 0 Å². The van der Waals surface area contributed by atoms with E-state index >= 15 is 0 Å². The Morgan fingerprint density at radius 2 is 2.09 bits per heavy atom. The number of aromatic nitrogens is 1. The summed E-state index contributed by atoms with van der Waals surface area (Å²) in [4.78, 5) is 27.7. The monoisotopic (exact) mass is 331 g/mol. The second-order valence-electron chi connectivity index (χ2n) is 6.78. The van der Waals surface area contributed by atoms with Gasteiger partial charge in [0.15, 0.2) is 0 Å². The Balaban J connectivity index is 1.65.